The van der Waals surface area contributed by atoms with Crippen LogP contribution in [0.1, 0.15) is 5.56 Å². The zero-order valence-corrected chi connectivity index (χ0v) is 11.9. The van der Waals surface area contributed by atoms with E-state index in [4.69, 9.17) is 11.6 Å². The van der Waals surface area contributed by atoms with Crippen molar-refractivity contribution in [2.45, 2.75) is 6.92 Å². The molecule has 0 aliphatic rings. The second-order valence-corrected chi connectivity index (χ2v) is 4.57. The fourth-order valence-corrected chi connectivity index (χ4v) is 2.20. The Labute approximate surface area is 122 Å². The lowest BCUT2D eigenvalue weighted by Gasteiger charge is -2.10. The van der Waals surface area contributed by atoms with Gasteiger partial charge in [-0.25, -0.2) is 0 Å². The van der Waals surface area contributed by atoms with E-state index in [0.717, 1.165) is 11.2 Å². The van der Waals surface area contributed by atoms with Crippen LogP contribution in [-0.2, 0) is 0 Å². The average Bonchev–Trinajstić information content (AvgIpc) is 2.70. The maximum atomic E-state index is 6.09. The molecule has 19 heavy (non-hydrogen) atoms. The van der Waals surface area contributed by atoms with Crippen molar-refractivity contribution in [1.82, 2.24) is 9.66 Å². The van der Waals surface area contributed by atoms with Gasteiger partial charge in [0.1, 0.15) is 0 Å². The molecule has 2 heterocycles. The standard InChI is InChI=1S/C14H12ClN3.ClH/c1-10-9-18(14-5-3-2-4-11(10)14)17-13-6-7-16-8-12(13)15;/h2-9H,1H3,(H,16,17);1H. The molecule has 5 heteroatoms. The quantitative estimate of drug-likeness (QED) is 0.764. The van der Waals surface area contributed by atoms with Gasteiger partial charge in [-0.1, -0.05) is 29.8 Å². The number of nitrogens with zero attached hydrogens (tertiary/aromatic N) is 2. The molecule has 98 valence electrons. The molecule has 1 N–H and O–H groups in total. The van der Waals surface area contributed by atoms with Gasteiger partial charge in [0.25, 0.3) is 0 Å². The first kappa shape index (κ1) is 13.7. The minimum absolute atomic E-state index is 0. The minimum Gasteiger partial charge on any atom is -0.293 e. The summed E-state index contributed by atoms with van der Waals surface area (Å²) in [6.45, 7) is 2.09. The smallest absolute Gasteiger partial charge is 0.0838 e. The molecule has 0 saturated heterocycles. The number of nitrogens with one attached hydrogen (secondary N) is 1. The molecular weight excluding hydrogens is 281 g/mol. The fourth-order valence-electron chi connectivity index (χ4n) is 2.04. The van der Waals surface area contributed by atoms with Gasteiger partial charge in [0.2, 0.25) is 0 Å². The summed E-state index contributed by atoms with van der Waals surface area (Å²) in [5.74, 6) is 0. The molecule has 1 aromatic carbocycles. The topological polar surface area (TPSA) is 29.9 Å². The van der Waals surface area contributed by atoms with E-state index < -0.39 is 0 Å². The second-order valence-electron chi connectivity index (χ2n) is 4.17. The zero-order chi connectivity index (χ0) is 12.5. The van der Waals surface area contributed by atoms with Crippen molar-refractivity contribution in [3.8, 4) is 0 Å². The van der Waals surface area contributed by atoms with Crippen molar-refractivity contribution in [3.05, 3.63) is 59.5 Å². The van der Waals surface area contributed by atoms with Gasteiger partial charge < -0.3 is 0 Å². The number of hydrogen-bond donors (Lipinski definition) is 1. The molecular formula is C14H13Cl2N3. The van der Waals surface area contributed by atoms with Gasteiger partial charge in [0.05, 0.1) is 16.2 Å². The van der Waals surface area contributed by atoms with Crippen LogP contribution in [0.5, 0.6) is 0 Å². The van der Waals surface area contributed by atoms with Crippen LogP contribution in [0.2, 0.25) is 5.02 Å². The number of fused-ring (bicyclic) bond motifs is 1. The van der Waals surface area contributed by atoms with Gasteiger partial charge in [-0.15, -0.1) is 12.4 Å². The molecule has 2 aromatic heterocycles. The Morgan fingerprint density at radius 3 is 2.79 bits per heavy atom. The summed E-state index contributed by atoms with van der Waals surface area (Å²) in [5.41, 5.74) is 6.47. The van der Waals surface area contributed by atoms with Crippen LogP contribution in [0.4, 0.5) is 5.69 Å². The molecule has 0 fully saturated rings. The maximum Gasteiger partial charge on any atom is 0.0838 e. The molecule has 0 radical (unpaired) electrons. The predicted octanol–water partition coefficient (Wildman–Crippen LogP) is 4.30. The first-order valence-corrected chi connectivity index (χ1v) is 6.07. The monoisotopic (exact) mass is 293 g/mol. The van der Waals surface area contributed by atoms with E-state index in [1.165, 1.54) is 10.9 Å². The third-order valence-corrected chi connectivity index (χ3v) is 3.23. The predicted molar refractivity (Wildman–Crippen MR) is 82.2 cm³/mol. The molecule has 0 bridgehead atoms. The van der Waals surface area contributed by atoms with Gasteiger partial charge >= 0.3 is 0 Å². The third kappa shape index (κ3) is 2.53. The van der Waals surface area contributed by atoms with E-state index >= 15 is 0 Å². The summed E-state index contributed by atoms with van der Waals surface area (Å²) < 4.78 is 1.98. The summed E-state index contributed by atoms with van der Waals surface area (Å²) >= 11 is 6.09. The largest absolute Gasteiger partial charge is 0.293 e. The number of pyridine rings is 1. The highest BCUT2D eigenvalue weighted by Gasteiger charge is 2.05. The van der Waals surface area contributed by atoms with Gasteiger partial charge in [0.15, 0.2) is 0 Å². The van der Waals surface area contributed by atoms with Crippen LogP contribution in [0.3, 0.4) is 0 Å². The van der Waals surface area contributed by atoms with Crippen LogP contribution in [0.25, 0.3) is 10.9 Å². The molecule has 0 unspecified atom stereocenters. The highest BCUT2D eigenvalue weighted by Crippen LogP contribution is 2.23. The van der Waals surface area contributed by atoms with Crippen LogP contribution in [-0.4, -0.2) is 9.66 Å². The molecule has 0 saturated carbocycles. The number of para-hydroxylation sites is 1. The molecule has 0 spiro atoms. The lowest BCUT2D eigenvalue weighted by molar-refractivity contribution is 1.00. The van der Waals surface area contributed by atoms with E-state index in [1.807, 2.05) is 22.9 Å². The van der Waals surface area contributed by atoms with Gasteiger partial charge in [-0.3, -0.25) is 15.1 Å². The highest BCUT2D eigenvalue weighted by atomic mass is 35.5. The zero-order valence-electron chi connectivity index (χ0n) is 10.3. The second kappa shape index (κ2) is 5.51. The summed E-state index contributed by atoms with van der Waals surface area (Å²) in [5, 5.41) is 1.84. The molecule has 0 amide bonds. The average molecular weight is 294 g/mol. The molecule has 0 aliphatic carbocycles. The number of aromatic nitrogens is 2. The van der Waals surface area contributed by atoms with E-state index in [-0.39, 0.29) is 12.4 Å². The minimum atomic E-state index is 0. The lowest BCUT2D eigenvalue weighted by Crippen LogP contribution is -2.07. The number of hydrogen-bond acceptors (Lipinski definition) is 2. The summed E-state index contributed by atoms with van der Waals surface area (Å²) in [4.78, 5) is 3.97. The Morgan fingerprint density at radius 2 is 2.00 bits per heavy atom. The van der Waals surface area contributed by atoms with Crippen molar-refractivity contribution in [3.63, 3.8) is 0 Å². The number of aryl methyl sites for hydroxylation is 1. The van der Waals surface area contributed by atoms with E-state index in [2.05, 4.69) is 35.7 Å². The maximum absolute atomic E-state index is 6.09. The molecule has 3 aromatic rings. The van der Waals surface area contributed by atoms with Gasteiger partial charge in [-0.2, -0.15) is 0 Å². The van der Waals surface area contributed by atoms with Crippen molar-refractivity contribution < 1.29 is 0 Å². The van der Waals surface area contributed by atoms with Crippen LogP contribution in [0, 0.1) is 6.92 Å². The number of halogens is 2. The Hall–Kier alpha value is -1.71. The molecule has 3 rings (SSSR count). The van der Waals surface area contributed by atoms with E-state index in [1.54, 1.807) is 12.4 Å². The van der Waals surface area contributed by atoms with Gasteiger partial charge in [-0.05, 0) is 24.6 Å². The van der Waals surface area contributed by atoms with Crippen molar-refractivity contribution in [2.75, 3.05) is 5.43 Å². The Morgan fingerprint density at radius 1 is 1.21 bits per heavy atom. The lowest BCUT2D eigenvalue weighted by atomic mass is 10.2. The SMILES string of the molecule is Cc1cn(Nc2ccncc2Cl)c2ccccc12.Cl. The van der Waals surface area contributed by atoms with Crippen LogP contribution >= 0.6 is 24.0 Å². The Balaban J connectivity index is 0.00000133. The van der Waals surface area contributed by atoms with Crippen LogP contribution in [0.15, 0.2) is 48.9 Å². The molecule has 3 nitrogen and oxygen atoms in total. The highest BCUT2D eigenvalue weighted by molar-refractivity contribution is 6.33. The Kier molecular flexibility index (Phi) is 3.98. The summed E-state index contributed by atoms with van der Waals surface area (Å²) in [6, 6.07) is 10.1. The summed E-state index contributed by atoms with van der Waals surface area (Å²) in [6.07, 6.45) is 5.40. The normalized spacial score (nSPS) is 10.2. The van der Waals surface area contributed by atoms with Crippen molar-refractivity contribution >= 4 is 40.6 Å². The van der Waals surface area contributed by atoms with Crippen molar-refractivity contribution in [2.24, 2.45) is 0 Å². The first-order chi connectivity index (χ1) is 8.75. The first-order valence-electron chi connectivity index (χ1n) is 5.69. The number of anilines is 1. The third-order valence-electron chi connectivity index (χ3n) is 2.92. The molecule has 0 aliphatic heterocycles. The number of benzene rings is 1. The van der Waals surface area contributed by atoms with E-state index in [9.17, 15) is 0 Å². The fraction of sp³-hybridized carbons (Fsp3) is 0.0714. The van der Waals surface area contributed by atoms with Crippen molar-refractivity contribution in [1.29, 1.82) is 0 Å². The van der Waals surface area contributed by atoms with Crippen LogP contribution < -0.4 is 5.43 Å². The Bertz CT molecular complexity index is 707. The summed E-state index contributed by atoms with van der Waals surface area (Å²) in [7, 11) is 0. The van der Waals surface area contributed by atoms with E-state index in [0.29, 0.717) is 5.02 Å². The molecule has 0 atom stereocenters. The number of rotatable bonds is 2. The van der Waals surface area contributed by atoms with Gasteiger partial charge in [0, 0.05) is 24.0 Å².